The first-order valence-corrected chi connectivity index (χ1v) is 10.6. The SMILES string of the molecule is O=C(NC1CCCN(c2ccc3nnc(-c4ccccc4)n3n2)C1)c1ccc(Cl)cc1. The second-order valence-electron chi connectivity index (χ2n) is 7.62. The molecule has 1 aliphatic heterocycles. The number of carbonyl (C=O) groups excluding carboxylic acids is 1. The third-order valence-corrected chi connectivity index (χ3v) is 5.72. The number of fused-ring (bicyclic) bond motifs is 1. The molecule has 1 saturated heterocycles. The minimum absolute atomic E-state index is 0.0453. The van der Waals surface area contributed by atoms with Gasteiger partial charge in [0.25, 0.3) is 5.91 Å². The van der Waals surface area contributed by atoms with Crippen LogP contribution in [0.4, 0.5) is 5.82 Å². The van der Waals surface area contributed by atoms with Crippen molar-refractivity contribution in [3.63, 3.8) is 0 Å². The van der Waals surface area contributed by atoms with Gasteiger partial charge >= 0.3 is 0 Å². The molecule has 0 bridgehead atoms. The molecule has 2 aromatic carbocycles. The average Bonchev–Trinajstić information content (AvgIpc) is 3.23. The molecule has 1 N–H and O–H groups in total. The van der Waals surface area contributed by atoms with Crippen molar-refractivity contribution in [2.45, 2.75) is 18.9 Å². The summed E-state index contributed by atoms with van der Waals surface area (Å²) in [6.45, 7) is 1.58. The van der Waals surface area contributed by atoms with E-state index in [9.17, 15) is 4.79 Å². The van der Waals surface area contributed by atoms with Crippen molar-refractivity contribution in [2.75, 3.05) is 18.0 Å². The molecule has 0 spiro atoms. The van der Waals surface area contributed by atoms with Gasteiger partial charge in [0.2, 0.25) is 0 Å². The van der Waals surface area contributed by atoms with Crippen LogP contribution in [0.2, 0.25) is 5.02 Å². The molecular weight excluding hydrogens is 412 g/mol. The highest BCUT2D eigenvalue weighted by molar-refractivity contribution is 6.30. The largest absolute Gasteiger partial charge is 0.353 e. The summed E-state index contributed by atoms with van der Waals surface area (Å²) < 4.78 is 1.78. The fraction of sp³-hybridized carbons (Fsp3) is 0.217. The van der Waals surface area contributed by atoms with Gasteiger partial charge in [-0.15, -0.1) is 15.3 Å². The highest BCUT2D eigenvalue weighted by Crippen LogP contribution is 2.22. The molecule has 2 aromatic heterocycles. The van der Waals surface area contributed by atoms with Crippen molar-refractivity contribution in [1.82, 2.24) is 25.1 Å². The van der Waals surface area contributed by atoms with E-state index in [4.69, 9.17) is 16.7 Å². The van der Waals surface area contributed by atoms with E-state index < -0.39 is 0 Å². The molecule has 5 rings (SSSR count). The number of carbonyl (C=O) groups is 1. The van der Waals surface area contributed by atoms with E-state index in [2.05, 4.69) is 20.4 Å². The van der Waals surface area contributed by atoms with E-state index in [0.717, 1.165) is 30.8 Å². The number of nitrogens with zero attached hydrogens (tertiary/aromatic N) is 5. The van der Waals surface area contributed by atoms with Crippen LogP contribution in [0.5, 0.6) is 0 Å². The number of halogens is 1. The monoisotopic (exact) mass is 432 g/mol. The first-order valence-electron chi connectivity index (χ1n) is 10.3. The Labute approximate surface area is 184 Å². The molecule has 1 amide bonds. The Kier molecular flexibility index (Phi) is 5.26. The lowest BCUT2D eigenvalue weighted by Crippen LogP contribution is -2.48. The number of aromatic nitrogens is 4. The molecule has 8 heteroatoms. The van der Waals surface area contributed by atoms with Crippen LogP contribution in [0.3, 0.4) is 0 Å². The molecule has 0 aliphatic carbocycles. The Morgan fingerprint density at radius 2 is 1.81 bits per heavy atom. The van der Waals surface area contributed by atoms with Crippen molar-refractivity contribution in [3.8, 4) is 11.4 Å². The Hall–Kier alpha value is -3.45. The van der Waals surface area contributed by atoms with Crippen molar-refractivity contribution >= 4 is 29.0 Å². The zero-order chi connectivity index (χ0) is 21.2. The normalized spacial score (nSPS) is 16.4. The summed E-state index contributed by atoms with van der Waals surface area (Å²) in [6.07, 6.45) is 1.90. The van der Waals surface area contributed by atoms with Gasteiger partial charge in [-0.25, -0.2) is 0 Å². The summed E-state index contributed by atoms with van der Waals surface area (Å²) in [5, 5.41) is 17.1. The Morgan fingerprint density at radius 3 is 2.61 bits per heavy atom. The van der Waals surface area contributed by atoms with Crippen molar-refractivity contribution in [1.29, 1.82) is 0 Å². The van der Waals surface area contributed by atoms with Gasteiger partial charge in [-0.05, 0) is 49.2 Å². The molecule has 1 fully saturated rings. The van der Waals surface area contributed by atoms with Crippen LogP contribution in [-0.4, -0.2) is 44.8 Å². The van der Waals surface area contributed by atoms with Gasteiger partial charge in [-0.1, -0.05) is 41.9 Å². The number of hydrogen-bond donors (Lipinski definition) is 1. The summed E-state index contributed by atoms with van der Waals surface area (Å²) in [5.74, 6) is 1.47. The molecule has 1 unspecified atom stereocenters. The predicted molar refractivity (Wildman–Crippen MR) is 120 cm³/mol. The smallest absolute Gasteiger partial charge is 0.251 e. The summed E-state index contributed by atoms with van der Waals surface area (Å²) in [7, 11) is 0. The maximum absolute atomic E-state index is 12.6. The number of piperidine rings is 1. The molecule has 156 valence electrons. The van der Waals surface area contributed by atoms with Crippen molar-refractivity contribution in [2.24, 2.45) is 0 Å². The van der Waals surface area contributed by atoms with E-state index in [1.165, 1.54) is 0 Å². The molecule has 1 atom stereocenters. The van der Waals surface area contributed by atoms with Gasteiger partial charge in [0.15, 0.2) is 11.5 Å². The van der Waals surface area contributed by atoms with Gasteiger partial charge in [0.1, 0.15) is 5.82 Å². The third kappa shape index (κ3) is 4.09. The van der Waals surface area contributed by atoms with Gasteiger partial charge in [-0.3, -0.25) is 4.79 Å². The minimum Gasteiger partial charge on any atom is -0.353 e. The van der Waals surface area contributed by atoms with Gasteiger partial charge in [0, 0.05) is 35.3 Å². The zero-order valence-corrected chi connectivity index (χ0v) is 17.5. The van der Waals surface area contributed by atoms with Crippen LogP contribution in [0, 0.1) is 0 Å². The molecule has 4 aromatic rings. The quantitative estimate of drug-likeness (QED) is 0.530. The Bertz CT molecular complexity index is 1210. The highest BCUT2D eigenvalue weighted by atomic mass is 35.5. The zero-order valence-electron chi connectivity index (χ0n) is 16.8. The third-order valence-electron chi connectivity index (χ3n) is 5.47. The predicted octanol–water partition coefficient (Wildman–Crippen LogP) is 3.84. The minimum atomic E-state index is -0.0860. The maximum atomic E-state index is 12.6. The fourth-order valence-corrected chi connectivity index (χ4v) is 4.01. The lowest BCUT2D eigenvalue weighted by atomic mass is 10.0. The van der Waals surface area contributed by atoms with E-state index >= 15 is 0 Å². The fourth-order valence-electron chi connectivity index (χ4n) is 3.89. The lowest BCUT2D eigenvalue weighted by molar-refractivity contribution is 0.0933. The van der Waals surface area contributed by atoms with Crippen molar-refractivity contribution in [3.05, 3.63) is 77.3 Å². The van der Waals surface area contributed by atoms with Gasteiger partial charge in [0.05, 0.1) is 0 Å². The molecule has 0 saturated carbocycles. The summed E-state index contributed by atoms with van der Waals surface area (Å²) in [5.41, 5.74) is 2.27. The van der Waals surface area contributed by atoms with Crippen LogP contribution in [-0.2, 0) is 0 Å². The van der Waals surface area contributed by atoms with E-state index in [1.807, 2.05) is 42.5 Å². The Balaban J connectivity index is 1.35. The average molecular weight is 433 g/mol. The highest BCUT2D eigenvalue weighted by Gasteiger charge is 2.23. The topological polar surface area (TPSA) is 75.4 Å². The van der Waals surface area contributed by atoms with Gasteiger partial charge < -0.3 is 10.2 Å². The van der Waals surface area contributed by atoms with Gasteiger partial charge in [-0.2, -0.15) is 4.52 Å². The van der Waals surface area contributed by atoms with E-state index in [1.54, 1.807) is 28.8 Å². The number of nitrogens with one attached hydrogen (secondary N) is 1. The van der Waals surface area contributed by atoms with Crippen molar-refractivity contribution < 1.29 is 4.79 Å². The molecule has 7 nitrogen and oxygen atoms in total. The number of benzene rings is 2. The standard InChI is InChI=1S/C23H21ClN6O/c24-18-10-8-17(9-11-18)23(31)25-19-7-4-14-29(15-19)21-13-12-20-26-27-22(30(20)28-21)16-5-2-1-3-6-16/h1-3,5-6,8-13,19H,4,7,14-15H2,(H,25,31). The van der Waals surface area contributed by atoms with E-state index in [0.29, 0.717) is 28.6 Å². The van der Waals surface area contributed by atoms with Crippen LogP contribution < -0.4 is 10.2 Å². The first-order chi connectivity index (χ1) is 15.2. The molecular formula is C23H21ClN6O. The Morgan fingerprint density at radius 1 is 1.00 bits per heavy atom. The molecule has 3 heterocycles. The number of amides is 1. The summed E-state index contributed by atoms with van der Waals surface area (Å²) in [6, 6.07) is 20.8. The molecule has 31 heavy (non-hydrogen) atoms. The number of rotatable bonds is 4. The van der Waals surface area contributed by atoms with Crippen LogP contribution in [0.1, 0.15) is 23.2 Å². The molecule has 1 aliphatic rings. The number of anilines is 1. The van der Waals surface area contributed by atoms with Crippen LogP contribution in [0.25, 0.3) is 17.0 Å². The maximum Gasteiger partial charge on any atom is 0.251 e. The lowest BCUT2D eigenvalue weighted by Gasteiger charge is -2.33. The summed E-state index contributed by atoms with van der Waals surface area (Å²) >= 11 is 5.92. The van der Waals surface area contributed by atoms with Crippen LogP contribution >= 0.6 is 11.6 Å². The second kappa shape index (κ2) is 8.35. The second-order valence-corrected chi connectivity index (χ2v) is 8.05. The van der Waals surface area contributed by atoms with Crippen LogP contribution in [0.15, 0.2) is 66.7 Å². The molecule has 0 radical (unpaired) electrons. The van der Waals surface area contributed by atoms with E-state index in [-0.39, 0.29) is 11.9 Å². The first kappa shape index (κ1) is 19.5. The summed E-state index contributed by atoms with van der Waals surface area (Å²) in [4.78, 5) is 14.8. The number of hydrogen-bond acceptors (Lipinski definition) is 5.